The molecule has 0 N–H and O–H groups in total. The maximum Gasteiger partial charge on any atom is 0.169 e. The Kier molecular flexibility index (Phi) is 13.4. The number of rotatable bonds is 15. The second kappa shape index (κ2) is 17.4. The first-order valence-corrected chi connectivity index (χ1v) is 17.7. The molecular formula is C39H46IN2P+2. The molecule has 4 heteroatoms. The van der Waals surface area contributed by atoms with E-state index in [1.807, 2.05) is 0 Å². The first kappa shape index (κ1) is 33.0. The van der Waals surface area contributed by atoms with Crippen molar-refractivity contribution in [2.75, 3.05) is 6.16 Å². The van der Waals surface area contributed by atoms with Crippen LogP contribution < -0.4 is 49.0 Å². The van der Waals surface area contributed by atoms with E-state index in [2.05, 4.69) is 156 Å². The molecule has 0 spiro atoms. The van der Waals surface area contributed by atoms with Gasteiger partial charge in [0.25, 0.3) is 0 Å². The number of unbranched alkanes of at least 4 members (excludes halogenated alkanes) is 7. The summed E-state index contributed by atoms with van der Waals surface area (Å²) >= 11 is 0. The van der Waals surface area contributed by atoms with Gasteiger partial charge in [-0.1, -0.05) is 80.3 Å². The van der Waals surface area contributed by atoms with Crippen LogP contribution >= 0.6 is 7.26 Å². The molecule has 3 aromatic carbocycles. The number of nitrogens with zero attached hydrogens (tertiary/aromatic N) is 2. The fourth-order valence-electron chi connectivity index (χ4n) is 6.08. The second-order valence-corrected chi connectivity index (χ2v) is 15.1. The van der Waals surface area contributed by atoms with Gasteiger partial charge in [-0.25, -0.2) is 9.13 Å². The zero-order chi connectivity index (χ0) is 28.9. The van der Waals surface area contributed by atoms with Crippen molar-refractivity contribution in [2.45, 2.75) is 57.9 Å². The molecule has 2 nitrogen and oxygen atoms in total. The van der Waals surface area contributed by atoms with Gasteiger partial charge in [-0.2, -0.15) is 0 Å². The van der Waals surface area contributed by atoms with Gasteiger partial charge in [0.15, 0.2) is 24.8 Å². The molecule has 0 bridgehead atoms. The largest absolute Gasteiger partial charge is 1.00 e. The van der Waals surface area contributed by atoms with Crippen molar-refractivity contribution in [2.24, 2.45) is 7.05 Å². The molecule has 5 aromatic rings. The Hall–Kier alpha value is -2.88. The average Bonchev–Trinajstić information content (AvgIpc) is 3.06. The van der Waals surface area contributed by atoms with Crippen LogP contribution in [0.15, 0.2) is 140 Å². The van der Waals surface area contributed by atoms with Gasteiger partial charge in [0.2, 0.25) is 0 Å². The molecule has 0 radical (unpaired) electrons. The lowest BCUT2D eigenvalue weighted by Gasteiger charge is -2.27. The molecule has 43 heavy (non-hydrogen) atoms. The van der Waals surface area contributed by atoms with E-state index in [9.17, 15) is 0 Å². The predicted molar refractivity (Wildman–Crippen MR) is 180 cm³/mol. The highest BCUT2D eigenvalue weighted by molar-refractivity contribution is 7.95. The summed E-state index contributed by atoms with van der Waals surface area (Å²) in [7, 11) is 0.376. The van der Waals surface area contributed by atoms with E-state index >= 15 is 0 Å². The van der Waals surface area contributed by atoms with Crippen molar-refractivity contribution in [3.63, 3.8) is 0 Å². The van der Waals surface area contributed by atoms with Crippen LogP contribution in [-0.4, -0.2) is 6.16 Å². The molecule has 0 amide bonds. The van der Waals surface area contributed by atoms with E-state index in [1.165, 1.54) is 84.6 Å². The van der Waals surface area contributed by atoms with Crippen molar-refractivity contribution in [3.8, 4) is 11.1 Å². The number of halogens is 1. The number of aryl methyl sites for hydroxylation is 2. The maximum absolute atomic E-state index is 2.36. The van der Waals surface area contributed by atoms with Gasteiger partial charge in [-0.3, -0.25) is 0 Å². The minimum atomic E-state index is -1.68. The minimum Gasteiger partial charge on any atom is -1.00 e. The maximum atomic E-state index is 2.36. The van der Waals surface area contributed by atoms with Crippen LogP contribution in [0.5, 0.6) is 0 Å². The van der Waals surface area contributed by atoms with Crippen molar-refractivity contribution >= 4 is 23.2 Å². The van der Waals surface area contributed by atoms with E-state index in [1.54, 1.807) is 0 Å². The molecule has 0 aliphatic heterocycles. The van der Waals surface area contributed by atoms with E-state index in [0.717, 1.165) is 6.54 Å². The quantitative estimate of drug-likeness (QED) is 0.0655. The van der Waals surface area contributed by atoms with Crippen LogP contribution in [0, 0.1) is 0 Å². The average molecular weight is 701 g/mol. The molecule has 222 valence electrons. The fraction of sp³-hybridized carbons (Fsp3) is 0.282. The molecule has 0 aliphatic carbocycles. The fourth-order valence-corrected chi connectivity index (χ4v) is 10.5. The summed E-state index contributed by atoms with van der Waals surface area (Å²) in [5, 5.41) is 4.51. The van der Waals surface area contributed by atoms with E-state index < -0.39 is 7.26 Å². The predicted octanol–water partition coefficient (Wildman–Crippen LogP) is 4.58. The van der Waals surface area contributed by atoms with Gasteiger partial charge in [-0.15, -0.1) is 0 Å². The summed E-state index contributed by atoms with van der Waals surface area (Å²) in [5.74, 6) is 0. The first-order chi connectivity index (χ1) is 20.8. The van der Waals surface area contributed by atoms with E-state index in [4.69, 9.17) is 0 Å². The van der Waals surface area contributed by atoms with Crippen molar-refractivity contribution in [1.82, 2.24) is 0 Å². The van der Waals surface area contributed by atoms with E-state index in [-0.39, 0.29) is 24.0 Å². The highest BCUT2D eigenvalue weighted by atomic mass is 127. The summed E-state index contributed by atoms with van der Waals surface area (Å²) in [6, 6.07) is 42.7. The topological polar surface area (TPSA) is 7.76 Å². The third-order valence-corrected chi connectivity index (χ3v) is 13.0. The number of aromatic nitrogens is 2. The second-order valence-electron chi connectivity index (χ2n) is 11.4. The summed E-state index contributed by atoms with van der Waals surface area (Å²) in [4.78, 5) is 0. The molecular weight excluding hydrogens is 654 g/mol. The number of pyridine rings is 2. The Morgan fingerprint density at radius 3 is 1.26 bits per heavy atom. The van der Waals surface area contributed by atoms with Gasteiger partial charge in [0, 0.05) is 30.7 Å². The number of hydrogen-bond acceptors (Lipinski definition) is 0. The molecule has 0 aliphatic rings. The van der Waals surface area contributed by atoms with Crippen molar-refractivity contribution in [3.05, 3.63) is 140 Å². The summed E-state index contributed by atoms with van der Waals surface area (Å²) in [6.07, 6.45) is 20.4. The minimum absolute atomic E-state index is 0. The Labute approximate surface area is 277 Å². The zero-order valence-corrected chi connectivity index (χ0v) is 28.6. The van der Waals surface area contributed by atoms with Crippen LogP contribution in [0.4, 0.5) is 0 Å². The van der Waals surface area contributed by atoms with E-state index in [0.29, 0.717) is 0 Å². The summed E-state index contributed by atoms with van der Waals surface area (Å²) in [6.45, 7) is 1.11. The van der Waals surface area contributed by atoms with Gasteiger partial charge in [-0.05, 0) is 66.8 Å². The smallest absolute Gasteiger partial charge is 0.169 e. The highest BCUT2D eigenvalue weighted by Crippen LogP contribution is 2.56. The summed E-state index contributed by atoms with van der Waals surface area (Å²) < 4.78 is 4.40. The van der Waals surface area contributed by atoms with Crippen LogP contribution in [0.1, 0.15) is 51.4 Å². The molecule has 0 fully saturated rings. The van der Waals surface area contributed by atoms with Gasteiger partial charge in [0.05, 0.1) is 6.16 Å². The normalized spacial score (nSPS) is 11.2. The molecule has 0 saturated carbocycles. The van der Waals surface area contributed by atoms with Crippen LogP contribution in [0.3, 0.4) is 0 Å². The Balaban J connectivity index is 0.00000423. The molecule has 5 rings (SSSR count). The Bertz CT molecular complexity index is 1360. The monoisotopic (exact) mass is 700 g/mol. The molecule has 0 atom stereocenters. The lowest BCUT2D eigenvalue weighted by Crippen LogP contribution is -3.00. The Morgan fingerprint density at radius 1 is 0.442 bits per heavy atom. The number of hydrogen-bond donors (Lipinski definition) is 0. The van der Waals surface area contributed by atoms with Gasteiger partial charge < -0.3 is 24.0 Å². The van der Waals surface area contributed by atoms with Crippen molar-refractivity contribution in [1.29, 1.82) is 0 Å². The third-order valence-electron chi connectivity index (χ3n) is 8.45. The first-order valence-electron chi connectivity index (χ1n) is 15.8. The third kappa shape index (κ3) is 9.06. The summed E-state index contributed by atoms with van der Waals surface area (Å²) in [5.41, 5.74) is 2.55. The SMILES string of the molecule is C[n+]1ccc(-c2cc[n+](CCCCCCCCCC[P+](c3ccccc3)(c3ccccc3)c3ccccc3)cc2)cc1.[I-]. The Morgan fingerprint density at radius 2 is 0.814 bits per heavy atom. The van der Waals surface area contributed by atoms with Gasteiger partial charge >= 0.3 is 0 Å². The molecule has 2 heterocycles. The van der Waals surface area contributed by atoms with Crippen LogP contribution in [-0.2, 0) is 13.6 Å². The molecule has 2 aromatic heterocycles. The lowest BCUT2D eigenvalue weighted by atomic mass is 10.1. The standard InChI is InChI=1S/C39H46N2P.HI/c1-40-30-25-35(26-31-40)36-27-32-41(33-28-36)29-17-6-4-2-3-5-7-18-34-42(37-19-11-8-12-20-37,38-21-13-9-14-22-38)39-23-15-10-16-24-39;/h8-16,19-28,30-33H,2-7,17-18,29,34H2,1H3;1H/q+3;/p-1. The highest BCUT2D eigenvalue weighted by Gasteiger charge is 2.44. The van der Waals surface area contributed by atoms with Crippen molar-refractivity contribution < 1.29 is 33.1 Å². The molecule has 0 unspecified atom stereocenters. The van der Waals surface area contributed by atoms with Crippen LogP contribution in [0.25, 0.3) is 11.1 Å². The number of benzene rings is 3. The molecule has 0 saturated heterocycles. The van der Waals surface area contributed by atoms with Gasteiger partial charge in [0.1, 0.15) is 36.8 Å². The van der Waals surface area contributed by atoms with Crippen LogP contribution in [0.2, 0.25) is 0 Å². The zero-order valence-electron chi connectivity index (χ0n) is 25.6. The lowest BCUT2D eigenvalue weighted by molar-refractivity contribution is -0.697.